The summed E-state index contributed by atoms with van der Waals surface area (Å²) in [4.78, 5) is 27.4. The Morgan fingerprint density at radius 3 is 2.18 bits per heavy atom. The van der Waals surface area contributed by atoms with Crippen molar-refractivity contribution < 1.29 is 14.3 Å². The van der Waals surface area contributed by atoms with Crippen LogP contribution in [0, 0.1) is 20.8 Å². The molecule has 4 heteroatoms. The van der Waals surface area contributed by atoms with Gasteiger partial charge in [-0.2, -0.15) is 0 Å². The van der Waals surface area contributed by atoms with Crippen molar-refractivity contribution in [3.8, 4) is 0 Å². The number of para-hydroxylation sites is 1. The van der Waals surface area contributed by atoms with Crippen LogP contribution >= 0.6 is 0 Å². The number of anilines is 1. The normalized spacial score (nSPS) is 11.8. The number of rotatable bonds is 8. The first-order valence-electron chi connectivity index (χ1n) is 9.95. The fourth-order valence-electron chi connectivity index (χ4n) is 3.50. The van der Waals surface area contributed by atoms with Gasteiger partial charge in [0.25, 0.3) is 5.91 Å². The smallest absolute Gasteiger partial charge is 0.306 e. The third-order valence-corrected chi connectivity index (χ3v) is 4.93. The van der Waals surface area contributed by atoms with Crippen molar-refractivity contribution in [1.29, 1.82) is 0 Å². The second-order valence-corrected chi connectivity index (χ2v) is 7.37. The second-order valence-electron chi connectivity index (χ2n) is 7.37. The zero-order valence-electron chi connectivity index (χ0n) is 17.6. The predicted octanol–water partition coefficient (Wildman–Crippen LogP) is 5.44. The Balaban J connectivity index is 2.36. The first-order valence-corrected chi connectivity index (χ1v) is 9.95. The molecule has 150 valence electrons. The van der Waals surface area contributed by atoms with Crippen LogP contribution in [0.25, 0.3) is 0 Å². The van der Waals surface area contributed by atoms with Gasteiger partial charge in [0.15, 0.2) is 0 Å². The monoisotopic (exact) mass is 381 g/mol. The standard InChI is InChI=1S/C24H31NO3/c1-6-7-9-14-21(26)28-23(22-18(3)15-17(2)16-19(22)4)24(27)25(5)20-12-10-8-11-13-20/h8,10-13,15-16,23H,6-7,9,14H2,1-5H3/t23-/m0/s1. The molecule has 0 bridgehead atoms. The third kappa shape index (κ3) is 5.44. The molecule has 1 atom stereocenters. The SMILES string of the molecule is CCCCCC(=O)O[C@H](C(=O)N(C)c1ccccc1)c1c(C)cc(C)cc1C. The van der Waals surface area contributed by atoms with E-state index in [1.807, 2.05) is 63.2 Å². The molecule has 4 nitrogen and oxygen atoms in total. The van der Waals surface area contributed by atoms with Crippen LogP contribution in [0.1, 0.15) is 61.0 Å². The summed E-state index contributed by atoms with van der Waals surface area (Å²) in [6.07, 6.45) is 2.16. The van der Waals surface area contributed by atoms with E-state index in [0.717, 1.165) is 47.2 Å². The van der Waals surface area contributed by atoms with Crippen molar-refractivity contribution in [1.82, 2.24) is 0 Å². The number of hydrogen-bond acceptors (Lipinski definition) is 3. The topological polar surface area (TPSA) is 46.6 Å². The largest absolute Gasteiger partial charge is 0.447 e. The van der Waals surface area contributed by atoms with E-state index in [-0.39, 0.29) is 11.9 Å². The van der Waals surface area contributed by atoms with Gasteiger partial charge in [-0.1, -0.05) is 55.7 Å². The molecule has 0 unspecified atom stereocenters. The molecular formula is C24H31NO3. The summed E-state index contributed by atoms with van der Waals surface area (Å²) in [6.45, 7) is 8.03. The van der Waals surface area contributed by atoms with Crippen LogP contribution in [0.15, 0.2) is 42.5 Å². The molecule has 0 fully saturated rings. The summed E-state index contributed by atoms with van der Waals surface area (Å²) in [5.41, 5.74) is 4.58. The van der Waals surface area contributed by atoms with Crippen molar-refractivity contribution in [3.63, 3.8) is 0 Å². The number of likely N-dealkylation sites (N-methyl/N-ethyl adjacent to an activating group) is 1. The third-order valence-electron chi connectivity index (χ3n) is 4.93. The number of carbonyl (C=O) groups excluding carboxylic acids is 2. The highest BCUT2D eigenvalue weighted by Gasteiger charge is 2.31. The molecule has 2 aromatic carbocycles. The molecule has 0 N–H and O–H groups in total. The zero-order chi connectivity index (χ0) is 20.7. The van der Waals surface area contributed by atoms with Gasteiger partial charge in [0.1, 0.15) is 0 Å². The van der Waals surface area contributed by atoms with E-state index in [4.69, 9.17) is 4.74 Å². The molecule has 0 spiro atoms. The average Bonchev–Trinajstić information content (AvgIpc) is 2.66. The highest BCUT2D eigenvalue weighted by molar-refractivity contribution is 5.98. The summed E-state index contributed by atoms with van der Waals surface area (Å²) < 4.78 is 5.76. The Kier molecular flexibility index (Phi) is 7.80. The molecule has 28 heavy (non-hydrogen) atoms. The minimum atomic E-state index is -0.945. The lowest BCUT2D eigenvalue weighted by molar-refractivity contribution is -0.155. The molecule has 0 heterocycles. The second kappa shape index (κ2) is 10.1. The molecule has 2 rings (SSSR count). The highest BCUT2D eigenvalue weighted by Crippen LogP contribution is 2.30. The fraction of sp³-hybridized carbons (Fsp3) is 0.417. The van der Waals surface area contributed by atoms with Crippen molar-refractivity contribution >= 4 is 17.6 Å². The van der Waals surface area contributed by atoms with Crippen LogP contribution in [-0.4, -0.2) is 18.9 Å². The molecule has 0 radical (unpaired) electrons. The van der Waals surface area contributed by atoms with Crippen LogP contribution in [0.2, 0.25) is 0 Å². The Morgan fingerprint density at radius 2 is 1.61 bits per heavy atom. The van der Waals surface area contributed by atoms with E-state index in [0.29, 0.717) is 6.42 Å². The first kappa shape index (κ1) is 21.7. The van der Waals surface area contributed by atoms with Crippen molar-refractivity contribution in [2.24, 2.45) is 0 Å². The maximum atomic E-state index is 13.3. The summed E-state index contributed by atoms with van der Waals surface area (Å²) in [5.74, 6) is -0.572. The predicted molar refractivity (Wildman–Crippen MR) is 113 cm³/mol. The van der Waals surface area contributed by atoms with Gasteiger partial charge in [0.2, 0.25) is 6.10 Å². The summed E-state index contributed by atoms with van der Waals surface area (Å²) in [7, 11) is 1.72. The number of amides is 1. The summed E-state index contributed by atoms with van der Waals surface area (Å²) in [6, 6.07) is 13.5. The number of carbonyl (C=O) groups is 2. The van der Waals surface area contributed by atoms with Crippen LogP contribution in [0.5, 0.6) is 0 Å². The molecule has 0 aromatic heterocycles. The van der Waals surface area contributed by atoms with Crippen LogP contribution in [0.3, 0.4) is 0 Å². The minimum Gasteiger partial charge on any atom is -0.447 e. The molecule has 0 saturated heterocycles. The number of esters is 1. The van der Waals surface area contributed by atoms with Gasteiger partial charge < -0.3 is 9.64 Å². The fourth-order valence-corrected chi connectivity index (χ4v) is 3.50. The quantitative estimate of drug-likeness (QED) is 0.452. The Hall–Kier alpha value is -2.62. The van der Waals surface area contributed by atoms with Gasteiger partial charge in [0.05, 0.1) is 0 Å². The number of benzene rings is 2. The Morgan fingerprint density at radius 1 is 1.00 bits per heavy atom. The molecule has 1 amide bonds. The van der Waals surface area contributed by atoms with Gasteiger partial charge in [-0.15, -0.1) is 0 Å². The number of aryl methyl sites for hydroxylation is 3. The minimum absolute atomic E-state index is 0.245. The van der Waals surface area contributed by atoms with E-state index in [1.165, 1.54) is 0 Å². The van der Waals surface area contributed by atoms with E-state index in [9.17, 15) is 9.59 Å². The number of nitrogens with zero attached hydrogens (tertiary/aromatic N) is 1. The van der Waals surface area contributed by atoms with Gasteiger partial charge in [-0.3, -0.25) is 9.59 Å². The number of ether oxygens (including phenoxy) is 1. The highest BCUT2D eigenvalue weighted by atomic mass is 16.5. The van der Waals surface area contributed by atoms with E-state index in [2.05, 4.69) is 6.92 Å². The van der Waals surface area contributed by atoms with Gasteiger partial charge >= 0.3 is 5.97 Å². The number of hydrogen-bond donors (Lipinski definition) is 0. The van der Waals surface area contributed by atoms with Gasteiger partial charge in [-0.05, 0) is 50.5 Å². The molecule has 0 aliphatic rings. The summed E-state index contributed by atoms with van der Waals surface area (Å²) >= 11 is 0. The van der Waals surface area contributed by atoms with Crippen LogP contribution in [0.4, 0.5) is 5.69 Å². The number of unbranched alkanes of at least 4 members (excludes halogenated alkanes) is 2. The molecule has 0 aliphatic heterocycles. The summed E-state index contributed by atoms with van der Waals surface area (Å²) in [5, 5.41) is 0. The maximum absolute atomic E-state index is 13.3. The van der Waals surface area contributed by atoms with Gasteiger partial charge in [0, 0.05) is 24.7 Å². The lowest BCUT2D eigenvalue weighted by Crippen LogP contribution is -2.34. The van der Waals surface area contributed by atoms with Gasteiger partial charge in [-0.25, -0.2) is 0 Å². The van der Waals surface area contributed by atoms with E-state index in [1.54, 1.807) is 11.9 Å². The maximum Gasteiger partial charge on any atom is 0.306 e. The van der Waals surface area contributed by atoms with Crippen molar-refractivity contribution in [2.45, 2.75) is 59.5 Å². The molecule has 0 saturated carbocycles. The Bertz CT molecular complexity index is 791. The first-order chi connectivity index (χ1) is 13.3. The van der Waals surface area contributed by atoms with Crippen LogP contribution in [-0.2, 0) is 14.3 Å². The zero-order valence-corrected chi connectivity index (χ0v) is 17.6. The van der Waals surface area contributed by atoms with Crippen molar-refractivity contribution in [2.75, 3.05) is 11.9 Å². The average molecular weight is 382 g/mol. The van der Waals surface area contributed by atoms with Crippen molar-refractivity contribution in [3.05, 3.63) is 64.7 Å². The Labute approximate surface area is 168 Å². The lowest BCUT2D eigenvalue weighted by atomic mass is 9.94. The molecule has 2 aromatic rings. The van der Waals surface area contributed by atoms with Crippen LogP contribution < -0.4 is 4.90 Å². The molecular weight excluding hydrogens is 350 g/mol. The molecule has 0 aliphatic carbocycles. The lowest BCUT2D eigenvalue weighted by Gasteiger charge is -2.26. The van der Waals surface area contributed by atoms with E-state index >= 15 is 0 Å². The van der Waals surface area contributed by atoms with E-state index < -0.39 is 6.10 Å².